The lowest BCUT2D eigenvalue weighted by molar-refractivity contribution is -0.00120. The topological polar surface area (TPSA) is 124 Å². The van der Waals surface area contributed by atoms with E-state index in [1.54, 1.807) is 11.8 Å². The smallest absolute Gasteiger partial charge is 0.410 e. The number of aryl methyl sites for hydroxylation is 1. The fourth-order valence-electron chi connectivity index (χ4n) is 5.33. The average molecular weight is 549 g/mol. The molecule has 1 atom stereocenters. The van der Waals surface area contributed by atoms with E-state index in [9.17, 15) is 9.90 Å². The summed E-state index contributed by atoms with van der Waals surface area (Å²) in [5.74, 6) is 2.82. The molecule has 12 nitrogen and oxygen atoms in total. The number of anilines is 1. The van der Waals surface area contributed by atoms with Crippen LogP contribution in [0.2, 0.25) is 0 Å². The molecule has 4 aromatic rings. The lowest BCUT2D eigenvalue weighted by Gasteiger charge is -2.39. The molecule has 2 aliphatic rings. The number of nitrogens with zero attached hydrogens (tertiary/aromatic N) is 8. The van der Waals surface area contributed by atoms with Gasteiger partial charge in [0.15, 0.2) is 17.0 Å². The number of rotatable bonds is 5. The highest BCUT2D eigenvalue weighted by Gasteiger charge is 2.35. The van der Waals surface area contributed by atoms with E-state index in [0.717, 1.165) is 28.2 Å². The van der Waals surface area contributed by atoms with Crippen molar-refractivity contribution in [1.29, 1.82) is 0 Å². The Morgan fingerprint density at radius 2 is 1.85 bits per heavy atom. The van der Waals surface area contributed by atoms with Gasteiger partial charge >= 0.3 is 6.09 Å². The van der Waals surface area contributed by atoms with Crippen molar-refractivity contribution in [2.45, 2.75) is 45.8 Å². The van der Waals surface area contributed by atoms with Crippen LogP contribution in [-0.2, 0) is 22.9 Å². The number of hydrogen-bond donors (Lipinski definition) is 1. The Kier molecular flexibility index (Phi) is 6.62. The monoisotopic (exact) mass is 548 g/mol. The third kappa shape index (κ3) is 4.86. The Labute approximate surface area is 232 Å². The molecule has 1 unspecified atom stereocenters. The molecule has 0 bridgehead atoms. The molecule has 0 aliphatic carbocycles. The van der Waals surface area contributed by atoms with E-state index in [2.05, 4.69) is 9.88 Å². The minimum atomic E-state index is -0.813. The second-order valence-electron chi connectivity index (χ2n) is 11.6. The van der Waals surface area contributed by atoms with Gasteiger partial charge in [0.2, 0.25) is 5.95 Å². The molecule has 1 aromatic carbocycles. The van der Waals surface area contributed by atoms with Crippen molar-refractivity contribution in [2.75, 3.05) is 44.3 Å². The van der Waals surface area contributed by atoms with Crippen LogP contribution in [0.3, 0.4) is 0 Å². The van der Waals surface area contributed by atoms with Crippen LogP contribution in [0.15, 0.2) is 24.3 Å². The number of aromatic nitrogens is 6. The molecule has 12 heteroatoms. The number of carbonyl (C=O) groups excluding carboxylic acids is 1. The van der Waals surface area contributed by atoms with E-state index in [1.165, 1.54) is 0 Å². The van der Waals surface area contributed by atoms with Gasteiger partial charge in [-0.05, 0) is 39.8 Å². The molecule has 1 amide bonds. The molecule has 6 rings (SSSR count). The Balaban J connectivity index is 1.38. The predicted molar refractivity (Wildman–Crippen MR) is 150 cm³/mol. The summed E-state index contributed by atoms with van der Waals surface area (Å²) in [6, 6.07) is 7.74. The summed E-state index contributed by atoms with van der Waals surface area (Å²) >= 11 is 0. The molecule has 0 radical (unpaired) electrons. The van der Waals surface area contributed by atoms with Crippen LogP contribution in [0.25, 0.3) is 28.1 Å². The summed E-state index contributed by atoms with van der Waals surface area (Å²) in [7, 11) is 1.97. The number of likely N-dealkylation sites (tertiary alicyclic amines) is 1. The molecule has 212 valence electrons. The first-order valence-corrected chi connectivity index (χ1v) is 13.8. The Morgan fingerprint density at radius 3 is 2.55 bits per heavy atom. The first-order chi connectivity index (χ1) is 19.1. The van der Waals surface area contributed by atoms with Crippen LogP contribution in [0.4, 0.5) is 10.6 Å². The highest BCUT2D eigenvalue weighted by molar-refractivity contribution is 5.86. The van der Waals surface area contributed by atoms with Gasteiger partial charge in [-0.15, -0.1) is 0 Å². The van der Waals surface area contributed by atoms with Crippen molar-refractivity contribution in [3.63, 3.8) is 0 Å². The van der Waals surface area contributed by atoms with Crippen LogP contribution in [0.1, 0.15) is 45.4 Å². The molecule has 0 saturated carbocycles. The predicted octanol–water partition coefficient (Wildman–Crippen LogP) is 3.00. The Hall–Kier alpha value is -3.77. The molecule has 2 aliphatic heterocycles. The van der Waals surface area contributed by atoms with Crippen molar-refractivity contribution in [3.8, 4) is 5.95 Å². The van der Waals surface area contributed by atoms with Gasteiger partial charge in [-0.2, -0.15) is 9.97 Å². The molecule has 2 saturated heterocycles. The molecule has 1 N–H and O–H groups in total. The summed E-state index contributed by atoms with van der Waals surface area (Å²) in [5, 5.41) is 10.6. The third-order valence-electron chi connectivity index (χ3n) is 7.33. The van der Waals surface area contributed by atoms with Crippen LogP contribution in [-0.4, -0.2) is 90.2 Å². The minimum absolute atomic E-state index is 0.277. The molecule has 40 heavy (non-hydrogen) atoms. The normalized spacial score (nSPS) is 17.4. The van der Waals surface area contributed by atoms with Gasteiger partial charge in [-0.3, -0.25) is 4.57 Å². The summed E-state index contributed by atoms with van der Waals surface area (Å²) < 4.78 is 15.0. The van der Waals surface area contributed by atoms with E-state index in [-0.39, 0.29) is 12.0 Å². The zero-order valence-electron chi connectivity index (χ0n) is 23.7. The number of imidazole rings is 2. The largest absolute Gasteiger partial charge is 0.444 e. The number of ether oxygens (including phenoxy) is 2. The number of aliphatic hydroxyl groups excluding tert-OH is 1. The number of para-hydroxylation sites is 2. The van der Waals surface area contributed by atoms with Gasteiger partial charge in [0.25, 0.3) is 0 Å². The van der Waals surface area contributed by atoms with Gasteiger partial charge in [0, 0.05) is 45.6 Å². The fraction of sp³-hybridized carbons (Fsp3) is 0.536. The quantitative estimate of drug-likeness (QED) is 0.401. The Bertz CT molecular complexity index is 1560. The van der Waals surface area contributed by atoms with E-state index in [4.69, 9.17) is 24.4 Å². The first-order valence-electron chi connectivity index (χ1n) is 13.8. The highest BCUT2D eigenvalue weighted by Crippen LogP contribution is 2.31. The average Bonchev–Trinajstić information content (AvgIpc) is 3.43. The van der Waals surface area contributed by atoms with E-state index < -0.39 is 11.7 Å². The second kappa shape index (κ2) is 10.0. The van der Waals surface area contributed by atoms with Crippen molar-refractivity contribution in [2.24, 2.45) is 13.0 Å². The number of aliphatic hydroxyl groups is 1. The SMILES string of the molecule is CC(O)c1nc2ccccc2n1-c1nc(N2CCOCC2)c2nc(CC3CN(C(=O)OC(C)(C)C)C3)n(C)c2n1. The maximum Gasteiger partial charge on any atom is 0.410 e. The van der Waals surface area contributed by atoms with Crippen molar-refractivity contribution >= 4 is 34.1 Å². The zero-order valence-corrected chi connectivity index (χ0v) is 23.7. The van der Waals surface area contributed by atoms with Crippen LogP contribution < -0.4 is 4.90 Å². The van der Waals surface area contributed by atoms with Gasteiger partial charge in [0.1, 0.15) is 23.4 Å². The summed E-state index contributed by atoms with van der Waals surface area (Å²) in [6.07, 6.45) is -0.385. The minimum Gasteiger partial charge on any atom is -0.444 e. The number of fused-ring (bicyclic) bond motifs is 2. The fourth-order valence-corrected chi connectivity index (χ4v) is 5.33. The van der Waals surface area contributed by atoms with E-state index in [0.29, 0.717) is 63.2 Å². The number of morpholine rings is 1. The highest BCUT2D eigenvalue weighted by atomic mass is 16.6. The standard InChI is InChI=1S/C28H36N8O4/c1-17(37)23-29-19-8-6-7-9-20(19)36(23)26-31-24-22(25(32-26)34-10-12-39-13-11-34)30-21(33(24)5)14-18-15-35(16-18)27(38)40-28(2,3)4/h6-9,17-18,37H,10-16H2,1-5H3. The van der Waals surface area contributed by atoms with Crippen LogP contribution in [0, 0.1) is 5.92 Å². The number of hydrogen-bond acceptors (Lipinski definition) is 9. The summed E-state index contributed by atoms with van der Waals surface area (Å²) in [4.78, 5) is 36.0. The maximum absolute atomic E-state index is 12.4. The Morgan fingerprint density at radius 1 is 1.12 bits per heavy atom. The van der Waals surface area contributed by atoms with E-state index in [1.807, 2.05) is 61.2 Å². The number of amides is 1. The number of carbonyl (C=O) groups is 1. The maximum atomic E-state index is 12.4. The second-order valence-corrected chi connectivity index (χ2v) is 11.6. The van der Waals surface area contributed by atoms with Crippen molar-refractivity contribution < 1.29 is 19.4 Å². The molecule has 5 heterocycles. The molecule has 3 aromatic heterocycles. The van der Waals surface area contributed by atoms with Crippen molar-refractivity contribution in [3.05, 3.63) is 35.9 Å². The van der Waals surface area contributed by atoms with Crippen LogP contribution >= 0.6 is 0 Å². The lowest BCUT2D eigenvalue weighted by Crippen LogP contribution is -2.52. The molecular weight excluding hydrogens is 512 g/mol. The summed E-state index contributed by atoms with van der Waals surface area (Å²) in [5.41, 5.74) is 2.51. The van der Waals surface area contributed by atoms with Gasteiger partial charge in [0.05, 0.1) is 24.2 Å². The molecule has 2 fully saturated rings. The van der Waals surface area contributed by atoms with E-state index >= 15 is 0 Å². The zero-order chi connectivity index (χ0) is 28.2. The van der Waals surface area contributed by atoms with Gasteiger partial charge < -0.3 is 28.9 Å². The molecule has 0 spiro atoms. The lowest BCUT2D eigenvalue weighted by atomic mass is 9.96. The summed E-state index contributed by atoms with van der Waals surface area (Å²) in [6.45, 7) is 11.2. The number of benzene rings is 1. The van der Waals surface area contributed by atoms with Gasteiger partial charge in [-0.25, -0.2) is 14.8 Å². The van der Waals surface area contributed by atoms with Crippen molar-refractivity contribution in [1.82, 2.24) is 34.0 Å². The first kappa shape index (κ1) is 26.5. The third-order valence-corrected chi connectivity index (χ3v) is 7.33. The van der Waals surface area contributed by atoms with Gasteiger partial charge in [-0.1, -0.05) is 12.1 Å². The van der Waals surface area contributed by atoms with Crippen LogP contribution in [0.5, 0.6) is 0 Å². The molecular formula is C28H36N8O4.